The van der Waals surface area contributed by atoms with Gasteiger partial charge < -0.3 is 5.32 Å². The van der Waals surface area contributed by atoms with Crippen molar-refractivity contribution >= 4 is 5.69 Å². The monoisotopic (exact) mass is 239 g/mol. The van der Waals surface area contributed by atoms with E-state index in [-0.39, 0.29) is 6.04 Å². The summed E-state index contributed by atoms with van der Waals surface area (Å²) in [6, 6.07) is 4.58. The van der Waals surface area contributed by atoms with E-state index in [4.69, 9.17) is 0 Å². The summed E-state index contributed by atoms with van der Waals surface area (Å²) in [5.41, 5.74) is 0.298. The van der Waals surface area contributed by atoms with Crippen molar-refractivity contribution in [2.45, 2.75) is 45.1 Å². The van der Waals surface area contributed by atoms with Gasteiger partial charge in [0.1, 0.15) is 0 Å². The van der Waals surface area contributed by atoms with Crippen LogP contribution < -0.4 is 5.32 Å². The van der Waals surface area contributed by atoms with Crippen LogP contribution in [0, 0.1) is 17.6 Å². The van der Waals surface area contributed by atoms with Gasteiger partial charge >= 0.3 is 0 Å². The van der Waals surface area contributed by atoms with Gasteiger partial charge in [0.2, 0.25) is 0 Å². The first-order valence-electron chi connectivity index (χ1n) is 6.41. The summed E-state index contributed by atoms with van der Waals surface area (Å²) < 4.78 is 26.6. The fourth-order valence-corrected chi connectivity index (χ4v) is 2.63. The molecule has 3 heteroatoms. The quantitative estimate of drug-likeness (QED) is 0.827. The number of rotatable bonds is 3. The average Bonchev–Trinajstić information content (AvgIpc) is 2.35. The Hall–Kier alpha value is -1.12. The van der Waals surface area contributed by atoms with E-state index >= 15 is 0 Å². The second-order valence-corrected chi connectivity index (χ2v) is 4.88. The maximum Gasteiger partial charge on any atom is 0.181 e. The van der Waals surface area contributed by atoms with Gasteiger partial charge in [0.15, 0.2) is 11.6 Å². The van der Waals surface area contributed by atoms with Crippen LogP contribution in [0.4, 0.5) is 14.5 Å². The lowest BCUT2D eigenvalue weighted by Gasteiger charge is -2.29. The topological polar surface area (TPSA) is 12.0 Å². The first-order chi connectivity index (χ1) is 8.20. The molecule has 1 saturated carbocycles. The fraction of sp³-hybridized carbons (Fsp3) is 0.571. The lowest BCUT2D eigenvalue weighted by atomic mass is 9.84. The van der Waals surface area contributed by atoms with Crippen molar-refractivity contribution in [1.82, 2.24) is 0 Å². The molecule has 0 radical (unpaired) electrons. The molecule has 1 aliphatic rings. The molecule has 2 atom stereocenters. The fourth-order valence-electron chi connectivity index (χ4n) is 2.63. The van der Waals surface area contributed by atoms with E-state index in [1.165, 1.54) is 19.3 Å². The lowest BCUT2D eigenvalue weighted by molar-refractivity contribution is 0.326. The number of halogens is 2. The van der Waals surface area contributed by atoms with E-state index in [1.54, 1.807) is 12.1 Å². The summed E-state index contributed by atoms with van der Waals surface area (Å²) in [5.74, 6) is -0.818. The number of nitrogens with one attached hydrogen (secondary N) is 1. The average molecular weight is 239 g/mol. The van der Waals surface area contributed by atoms with Crippen LogP contribution in [0.1, 0.15) is 39.0 Å². The van der Waals surface area contributed by atoms with E-state index in [0.29, 0.717) is 5.69 Å². The molecule has 94 valence electrons. The van der Waals surface area contributed by atoms with Gasteiger partial charge in [-0.25, -0.2) is 8.78 Å². The minimum atomic E-state index is -0.780. The Morgan fingerprint density at radius 1 is 1.29 bits per heavy atom. The second kappa shape index (κ2) is 5.48. The highest BCUT2D eigenvalue weighted by molar-refractivity contribution is 5.45. The van der Waals surface area contributed by atoms with Crippen LogP contribution >= 0.6 is 0 Å². The predicted octanol–water partition coefficient (Wildman–Crippen LogP) is 4.35. The zero-order valence-electron chi connectivity index (χ0n) is 10.2. The molecule has 1 aliphatic carbocycles. The van der Waals surface area contributed by atoms with Crippen molar-refractivity contribution in [3.8, 4) is 0 Å². The van der Waals surface area contributed by atoms with Crippen molar-refractivity contribution in [3.05, 3.63) is 29.8 Å². The highest BCUT2D eigenvalue weighted by Gasteiger charge is 2.21. The van der Waals surface area contributed by atoms with Crippen LogP contribution in [0.2, 0.25) is 0 Å². The predicted molar refractivity (Wildman–Crippen MR) is 66.0 cm³/mol. The molecule has 2 unspecified atom stereocenters. The van der Waals surface area contributed by atoms with E-state index in [9.17, 15) is 8.78 Å². The normalized spacial score (nSPS) is 24.6. The van der Waals surface area contributed by atoms with Crippen LogP contribution in [-0.4, -0.2) is 6.04 Å². The summed E-state index contributed by atoms with van der Waals surface area (Å²) in [4.78, 5) is 0. The van der Waals surface area contributed by atoms with Crippen molar-refractivity contribution in [3.63, 3.8) is 0 Å². The summed E-state index contributed by atoms with van der Waals surface area (Å²) >= 11 is 0. The summed E-state index contributed by atoms with van der Waals surface area (Å²) in [6.07, 6.45) is 5.72. The van der Waals surface area contributed by atoms with Crippen LogP contribution in [0.3, 0.4) is 0 Å². The zero-order chi connectivity index (χ0) is 12.3. The smallest absolute Gasteiger partial charge is 0.181 e. The molecule has 0 amide bonds. The minimum absolute atomic E-state index is 0.282. The van der Waals surface area contributed by atoms with Gasteiger partial charge in [0.05, 0.1) is 5.69 Å². The summed E-state index contributed by atoms with van der Waals surface area (Å²) in [6.45, 7) is 2.19. The van der Waals surface area contributed by atoms with Crippen LogP contribution in [0.5, 0.6) is 0 Å². The Bertz CT molecular complexity index is 378. The second-order valence-electron chi connectivity index (χ2n) is 4.88. The Labute approximate surface area is 101 Å². The highest BCUT2D eigenvalue weighted by atomic mass is 19.2. The molecule has 0 bridgehead atoms. The number of benzene rings is 1. The molecule has 0 aromatic heterocycles. The first-order valence-corrected chi connectivity index (χ1v) is 6.41. The molecule has 1 nitrogen and oxygen atoms in total. The lowest BCUT2D eigenvalue weighted by Crippen LogP contribution is -2.27. The number of anilines is 1. The maximum absolute atomic E-state index is 13.5. The third kappa shape index (κ3) is 2.96. The Morgan fingerprint density at radius 2 is 2.12 bits per heavy atom. The molecule has 1 N–H and O–H groups in total. The summed E-state index contributed by atoms with van der Waals surface area (Å²) in [7, 11) is 0. The number of hydrogen-bond donors (Lipinski definition) is 1. The third-order valence-electron chi connectivity index (χ3n) is 3.67. The van der Waals surface area contributed by atoms with E-state index in [1.807, 2.05) is 0 Å². The molecule has 1 aromatic carbocycles. The number of hydrogen-bond acceptors (Lipinski definition) is 1. The van der Waals surface area contributed by atoms with Gasteiger partial charge in [-0.1, -0.05) is 32.3 Å². The van der Waals surface area contributed by atoms with Gasteiger partial charge in [0.25, 0.3) is 0 Å². The van der Waals surface area contributed by atoms with Gasteiger partial charge in [0, 0.05) is 6.04 Å². The molecule has 2 rings (SSSR count). The molecular formula is C14H19F2N. The van der Waals surface area contributed by atoms with Gasteiger partial charge in [-0.15, -0.1) is 0 Å². The maximum atomic E-state index is 13.5. The Kier molecular flexibility index (Phi) is 3.97. The Morgan fingerprint density at radius 3 is 2.88 bits per heavy atom. The largest absolute Gasteiger partial charge is 0.380 e. The van der Waals surface area contributed by atoms with Crippen molar-refractivity contribution in [1.29, 1.82) is 0 Å². The molecule has 0 saturated heterocycles. The van der Waals surface area contributed by atoms with E-state index in [2.05, 4.69) is 12.2 Å². The molecule has 0 heterocycles. The molecular weight excluding hydrogens is 220 g/mol. The standard InChI is InChI=1S/C14H19F2N/c1-2-10-5-3-6-11(9-10)17-13-8-4-7-12(15)14(13)16/h4,7-8,10-11,17H,2-3,5-6,9H2,1H3. The van der Waals surface area contributed by atoms with Crippen molar-refractivity contribution in [2.75, 3.05) is 5.32 Å². The first kappa shape index (κ1) is 12.3. The molecule has 0 spiro atoms. The van der Waals surface area contributed by atoms with E-state index < -0.39 is 11.6 Å². The Balaban J connectivity index is 2.02. The minimum Gasteiger partial charge on any atom is -0.380 e. The SMILES string of the molecule is CCC1CCCC(Nc2cccc(F)c2F)C1. The third-order valence-corrected chi connectivity index (χ3v) is 3.67. The van der Waals surface area contributed by atoms with E-state index in [0.717, 1.165) is 24.8 Å². The zero-order valence-corrected chi connectivity index (χ0v) is 10.2. The molecule has 0 aliphatic heterocycles. The molecule has 1 fully saturated rings. The van der Waals surface area contributed by atoms with Crippen LogP contribution in [-0.2, 0) is 0 Å². The van der Waals surface area contributed by atoms with Crippen molar-refractivity contribution < 1.29 is 8.78 Å². The van der Waals surface area contributed by atoms with Crippen LogP contribution in [0.15, 0.2) is 18.2 Å². The van der Waals surface area contributed by atoms with Crippen LogP contribution in [0.25, 0.3) is 0 Å². The molecule has 17 heavy (non-hydrogen) atoms. The van der Waals surface area contributed by atoms with Gasteiger partial charge in [-0.3, -0.25) is 0 Å². The highest BCUT2D eigenvalue weighted by Crippen LogP contribution is 2.29. The van der Waals surface area contributed by atoms with Gasteiger partial charge in [-0.2, -0.15) is 0 Å². The molecule has 1 aromatic rings. The summed E-state index contributed by atoms with van der Waals surface area (Å²) in [5, 5.41) is 3.14. The van der Waals surface area contributed by atoms with Gasteiger partial charge in [-0.05, 0) is 30.9 Å². The van der Waals surface area contributed by atoms with Crippen molar-refractivity contribution in [2.24, 2.45) is 5.92 Å².